The van der Waals surface area contributed by atoms with E-state index in [0.717, 1.165) is 16.5 Å². The van der Waals surface area contributed by atoms with Gasteiger partial charge in [-0.05, 0) is 31.2 Å². The van der Waals surface area contributed by atoms with Crippen LogP contribution in [0.15, 0.2) is 48.8 Å². The average molecular weight is 324 g/mol. The molecule has 0 atom stereocenters. The van der Waals surface area contributed by atoms with Crippen LogP contribution in [0.1, 0.15) is 15.9 Å². The Morgan fingerprint density at radius 2 is 1.96 bits per heavy atom. The lowest BCUT2D eigenvalue weighted by Gasteiger charge is -2.10. The third-order valence-corrected chi connectivity index (χ3v) is 3.61. The third-order valence-electron chi connectivity index (χ3n) is 3.61. The first kappa shape index (κ1) is 15.9. The third kappa shape index (κ3) is 3.48. The van der Waals surface area contributed by atoms with Crippen molar-refractivity contribution in [1.29, 1.82) is 0 Å². The van der Waals surface area contributed by atoms with Crippen LogP contribution in [0.5, 0.6) is 0 Å². The molecule has 2 N–H and O–H groups in total. The molecule has 3 aromatic rings. The Bertz CT molecular complexity index is 882. The molecule has 2 aromatic carbocycles. The smallest absolute Gasteiger partial charge is 0.254 e. The molecule has 0 aliphatic heterocycles. The van der Waals surface area contributed by atoms with Gasteiger partial charge in [0.05, 0.1) is 11.1 Å². The SMILES string of the molecule is Cc1ccc2ncnc(NCCNC(=O)c3ccccc3F)c2c1. The van der Waals surface area contributed by atoms with Crippen molar-refractivity contribution in [2.24, 2.45) is 0 Å². The fraction of sp³-hybridized carbons (Fsp3) is 0.167. The van der Waals surface area contributed by atoms with Crippen molar-refractivity contribution in [1.82, 2.24) is 15.3 Å². The summed E-state index contributed by atoms with van der Waals surface area (Å²) in [5.41, 5.74) is 2.02. The van der Waals surface area contributed by atoms with Crippen LogP contribution in [-0.2, 0) is 0 Å². The van der Waals surface area contributed by atoms with Crippen LogP contribution in [-0.4, -0.2) is 29.0 Å². The van der Waals surface area contributed by atoms with Crippen LogP contribution >= 0.6 is 0 Å². The number of fused-ring (bicyclic) bond motifs is 1. The van der Waals surface area contributed by atoms with E-state index in [9.17, 15) is 9.18 Å². The Labute approximate surface area is 138 Å². The predicted molar refractivity (Wildman–Crippen MR) is 91.5 cm³/mol. The monoisotopic (exact) mass is 324 g/mol. The normalized spacial score (nSPS) is 10.6. The van der Waals surface area contributed by atoms with Crippen molar-refractivity contribution >= 4 is 22.6 Å². The van der Waals surface area contributed by atoms with Crippen LogP contribution in [0.25, 0.3) is 10.9 Å². The van der Waals surface area contributed by atoms with Crippen LogP contribution in [0.3, 0.4) is 0 Å². The number of hydrogen-bond acceptors (Lipinski definition) is 4. The van der Waals surface area contributed by atoms with Gasteiger partial charge in [-0.2, -0.15) is 0 Å². The zero-order chi connectivity index (χ0) is 16.9. The summed E-state index contributed by atoms with van der Waals surface area (Å²) in [5.74, 6) is -0.248. The van der Waals surface area contributed by atoms with E-state index < -0.39 is 11.7 Å². The zero-order valence-electron chi connectivity index (χ0n) is 13.2. The van der Waals surface area contributed by atoms with Crippen LogP contribution in [0.4, 0.5) is 10.2 Å². The highest BCUT2D eigenvalue weighted by molar-refractivity contribution is 5.94. The summed E-state index contributed by atoms with van der Waals surface area (Å²) in [7, 11) is 0. The molecule has 0 saturated carbocycles. The van der Waals surface area contributed by atoms with Gasteiger partial charge >= 0.3 is 0 Å². The summed E-state index contributed by atoms with van der Waals surface area (Å²) in [6.45, 7) is 2.83. The number of halogens is 1. The van der Waals surface area contributed by atoms with Crippen molar-refractivity contribution in [2.75, 3.05) is 18.4 Å². The maximum Gasteiger partial charge on any atom is 0.254 e. The Balaban J connectivity index is 1.60. The summed E-state index contributed by atoms with van der Waals surface area (Å²) in [5, 5.41) is 6.79. The van der Waals surface area contributed by atoms with Crippen molar-refractivity contribution in [3.63, 3.8) is 0 Å². The summed E-state index contributed by atoms with van der Waals surface area (Å²) in [6.07, 6.45) is 1.50. The molecule has 122 valence electrons. The maximum atomic E-state index is 13.5. The van der Waals surface area contributed by atoms with E-state index in [2.05, 4.69) is 20.6 Å². The van der Waals surface area contributed by atoms with Gasteiger partial charge in [-0.15, -0.1) is 0 Å². The van der Waals surface area contributed by atoms with Crippen molar-refractivity contribution in [3.05, 3.63) is 65.7 Å². The molecule has 0 fully saturated rings. The van der Waals surface area contributed by atoms with E-state index in [4.69, 9.17) is 0 Å². The molecule has 0 radical (unpaired) electrons. The number of aryl methyl sites for hydroxylation is 1. The number of nitrogens with zero attached hydrogens (tertiary/aromatic N) is 2. The molecule has 0 aliphatic rings. The number of aromatic nitrogens is 2. The first-order chi connectivity index (χ1) is 11.6. The van der Waals surface area contributed by atoms with E-state index >= 15 is 0 Å². The molecule has 1 heterocycles. The highest BCUT2D eigenvalue weighted by Gasteiger charge is 2.10. The topological polar surface area (TPSA) is 66.9 Å². The second kappa shape index (κ2) is 7.04. The Hall–Kier alpha value is -3.02. The lowest BCUT2D eigenvalue weighted by Crippen LogP contribution is -2.29. The number of carbonyl (C=O) groups excluding carboxylic acids is 1. The molecule has 3 rings (SSSR count). The zero-order valence-corrected chi connectivity index (χ0v) is 13.2. The van der Waals surface area contributed by atoms with E-state index in [0.29, 0.717) is 18.9 Å². The van der Waals surface area contributed by atoms with Crippen LogP contribution in [0, 0.1) is 12.7 Å². The van der Waals surface area contributed by atoms with E-state index in [1.54, 1.807) is 12.1 Å². The summed E-state index contributed by atoms with van der Waals surface area (Å²) >= 11 is 0. The number of carbonyl (C=O) groups is 1. The lowest BCUT2D eigenvalue weighted by molar-refractivity contribution is 0.0951. The molecular weight excluding hydrogens is 307 g/mol. The van der Waals surface area contributed by atoms with Gasteiger partial charge in [0.25, 0.3) is 5.91 Å². The highest BCUT2D eigenvalue weighted by Crippen LogP contribution is 2.19. The first-order valence-corrected chi connectivity index (χ1v) is 7.63. The molecule has 0 bridgehead atoms. The van der Waals surface area contributed by atoms with Crippen LogP contribution in [0.2, 0.25) is 0 Å². The molecule has 0 saturated heterocycles. The van der Waals surface area contributed by atoms with Crippen molar-refractivity contribution < 1.29 is 9.18 Å². The molecule has 1 aromatic heterocycles. The molecule has 24 heavy (non-hydrogen) atoms. The minimum Gasteiger partial charge on any atom is -0.368 e. The van der Waals surface area contributed by atoms with Crippen LogP contribution < -0.4 is 10.6 Å². The Kier molecular flexibility index (Phi) is 4.65. The highest BCUT2D eigenvalue weighted by atomic mass is 19.1. The number of hydrogen-bond donors (Lipinski definition) is 2. The molecule has 5 nitrogen and oxygen atoms in total. The minimum absolute atomic E-state index is 0.0422. The average Bonchev–Trinajstić information content (AvgIpc) is 2.59. The maximum absolute atomic E-state index is 13.5. The van der Waals surface area contributed by atoms with Gasteiger partial charge in [0.15, 0.2) is 0 Å². The van der Waals surface area contributed by atoms with E-state index in [1.807, 2.05) is 25.1 Å². The molecule has 0 aliphatic carbocycles. The second-order valence-electron chi connectivity index (χ2n) is 5.41. The fourth-order valence-electron chi connectivity index (χ4n) is 2.41. The van der Waals surface area contributed by atoms with Gasteiger partial charge in [-0.1, -0.05) is 23.8 Å². The standard InChI is InChI=1S/C18H17FN4O/c1-12-6-7-16-14(10-12)17(23-11-22-16)20-8-9-21-18(24)13-4-2-3-5-15(13)19/h2-7,10-11H,8-9H2,1H3,(H,21,24)(H,20,22,23). The van der Waals surface area contributed by atoms with Gasteiger partial charge in [-0.3, -0.25) is 4.79 Å². The van der Waals surface area contributed by atoms with Crippen molar-refractivity contribution in [2.45, 2.75) is 6.92 Å². The molecule has 0 unspecified atom stereocenters. The number of amides is 1. The number of benzene rings is 2. The van der Waals surface area contributed by atoms with Gasteiger partial charge < -0.3 is 10.6 Å². The van der Waals surface area contributed by atoms with Gasteiger partial charge in [-0.25, -0.2) is 14.4 Å². The summed E-state index contributed by atoms with van der Waals surface area (Å²) < 4.78 is 13.5. The first-order valence-electron chi connectivity index (χ1n) is 7.63. The largest absolute Gasteiger partial charge is 0.368 e. The minimum atomic E-state index is -0.528. The molecule has 6 heteroatoms. The number of rotatable bonds is 5. The van der Waals surface area contributed by atoms with Gasteiger partial charge in [0, 0.05) is 18.5 Å². The predicted octanol–water partition coefficient (Wildman–Crippen LogP) is 2.92. The number of anilines is 1. The lowest BCUT2D eigenvalue weighted by atomic mass is 10.1. The summed E-state index contributed by atoms with van der Waals surface area (Å²) in [4.78, 5) is 20.4. The second-order valence-corrected chi connectivity index (χ2v) is 5.41. The van der Waals surface area contributed by atoms with E-state index in [1.165, 1.54) is 18.5 Å². The molecule has 1 amide bonds. The number of nitrogens with one attached hydrogen (secondary N) is 2. The fourth-order valence-corrected chi connectivity index (χ4v) is 2.41. The van der Waals surface area contributed by atoms with Gasteiger partial charge in [0.1, 0.15) is 18.0 Å². The summed E-state index contributed by atoms with van der Waals surface area (Å²) in [6, 6.07) is 11.9. The molecular formula is C18H17FN4O. The Morgan fingerprint density at radius 1 is 1.12 bits per heavy atom. The van der Waals surface area contributed by atoms with E-state index in [-0.39, 0.29) is 5.56 Å². The quantitative estimate of drug-likeness (QED) is 0.708. The molecule has 0 spiro atoms. The Morgan fingerprint density at radius 3 is 2.79 bits per heavy atom. The van der Waals surface area contributed by atoms with Crippen molar-refractivity contribution in [3.8, 4) is 0 Å². The van der Waals surface area contributed by atoms with Gasteiger partial charge in [0.2, 0.25) is 0 Å².